The Labute approximate surface area is 554 Å². The summed E-state index contributed by atoms with van der Waals surface area (Å²) in [5.41, 5.74) is 0. The Morgan fingerprint density at radius 1 is 0.250 bits per heavy atom. The summed E-state index contributed by atoms with van der Waals surface area (Å²) >= 11 is 0. The predicted molar refractivity (Wildman–Crippen MR) is 314 cm³/mol. The van der Waals surface area contributed by atoms with Crippen molar-refractivity contribution in [2.75, 3.05) is 278 Å². The molecule has 96 heavy (non-hydrogen) atoms. The standard InChI is InChI=1S/C46H92O22.C13H13F13O2/c1-4-45(2)46(47)68-44-43-67-42-41-66-40-39-65-38-37-64-36-35-63-34-33-62-32-31-61-30-29-60-28-27-59-26-25-58-24-23-57-22-21-56-20-19-55-18-17-54-16-15-53-14-13-52-12-11-51-10-9-50-8-7-49-6-5-48-3;1-3-6(2)7(27)28-5-4-8(14,15)9(16,17)10(18,19)11(20,21)12(22,23)13(24,25)26/h45H,4-44H2,1-3H3;6H,3-5H2,1-2H3. The Kier molecular flexibility index (Phi) is 61.6. The lowest BCUT2D eigenvalue weighted by atomic mass is 9.93. The van der Waals surface area contributed by atoms with Crippen LogP contribution >= 0.6 is 0 Å². The molecule has 37 heteroatoms. The van der Waals surface area contributed by atoms with Crippen molar-refractivity contribution in [3.8, 4) is 0 Å². The summed E-state index contributed by atoms with van der Waals surface area (Å²) in [4.78, 5) is 22.7. The van der Waals surface area contributed by atoms with Gasteiger partial charge in [0.2, 0.25) is 0 Å². The fraction of sp³-hybridized carbons (Fsp3) is 0.966. The van der Waals surface area contributed by atoms with E-state index in [2.05, 4.69) is 4.74 Å². The van der Waals surface area contributed by atoms with E-state index in [-0.39, 0.29) is 24.9 Å². The molecule has 0 aromatic carbocycles. The molecule has 0 amide bonds. The van der Waals surface area contributed by atoms with E-state index in [0.29, 0.717) is 258 Å². The van der Waals surface area contributed by atoms with Crippen LogP contribution in [0.1, 0.15) is 47.0 Å². The van der Waals surface area contributed by atoms with E-state index in [1.165, 1.54) is 13.8 Å². The first-order chi connectivity index (χ1) is 45.8. The molecule has 24 nitrogen and oxygen atoms in total. The Hall–Kier alpha value is -2.77. The first kappa shape index (κ1) is 95.3. The molecule has 0 heterocycles. The molecule has 0 aromatic rings. The van der Waals surface area contributed by atoms with E-state index < -0.39 is 60.7 Å². The van der Waals surface area contributed by atoms with Crippen LogP contribution in [0.2, 0.25) is 0 Å². The van der Waals surface area contributed by atoms with Gasteiger partial charge < -0.3 is 104 Å². The van der Waals surface area contributed by atoms with E-state index in [1.54, 1.807) is 7.11 Å². The summed E-state index contributed by atoms with van der Waals surface area (Å²) in [6, 6.07) is 0. The van der Waals surface area contributed by atoms with Gasteiger partial charge in [0.1, 0.15) is 6.61 Å². The van der Waals surface area contributed by atoms with Crippen LogP contribution in [0, 0.1) is 11.8 Å². The average molecular weight is 1450 g/mol. The molecule has 0 saturated carbocycles. The van der Waals surface area contributed by atoms with Gasteiger partial charge in [-0.05, 0) is 12.8 Å². The highest BCUT2D eigenvalue weighted by molar-refractivity contribution is 5.72. The number of halogens is 13. The molecule has 0 fully saturated rings. The first-order valence-electron chi connectivity index (χ1n) is 31.6. The van der Waals surface area contributed by atoms with Gasteiger partial charge >= 0.3 is 47.7 Å². The highest BCUT2D eigenvalue weighted by Gasteiger charge is 2.90. The van der Waals surface area contributed by atoms with E-state index in [9.17, 15) is 66.7 Å². The molecule has 0 aliphatic heterocycles. The van der Waals surface area contributed by atoms with Gasteiger partial charge in [-0.15, -0.1) is 0 Å². The third-order valence-electron chi connectivity index (χ3n) is 12.3. The zero-order valence-corrected chi connectivity index (χ0v) is 56.0. The maximum Gasteiger partial charge on any atom is 0.460 e. The molecule has 0 rings (SSSR count). The van der Waals surface area contributed by atoms with Gasteiger partial charge in [0.15, 0.2) is 0 Å². The minimum atomic E-state index is -7.93. The van der Waals surface area contributed by atoms with Gasteiger partial charge in [-0.2, -0.15) is 57.1 Å². The molecular formula is C59H105F13O24. The predicted octanol–water partition coefficient (Wildman–Crippen LogP) is 7.24. The number of alkyl halides is 13. The number of ether oxygens (including phenoxy) is 22. The maximum atomic E-state index is 13.4. The topological polar surface area (TPSA) is 237 Å². The van der Waals surface area contributed by atoms with Crippen molar-refractivity contribution in [1.29, 1.82) is 0 Å². The molecule has 0 aliphatic rings. The van der Waals surface area contributed by atoms with E-state index >= 15 is 0 Å². The van der Waals surface area contributed by atoms with E-state index in [0.717, 1.165) is 6.42 Å². The molecule has 0 radical (unpaired) electrons. The fourth-order valence-corrected chi connectivity index (χ4v) is 6.26. The highest BCUT2D eigenvalue weighted by Crippen LogP contribution is 2.60. The van der Waals surface area contributed by atoms with Crippen LogP contribution in [-0.2, 0) is 114 Å². The lowest BCUT2D eigenvalue weighted by molar-refractivity contribution is -0.440. The Morgan fingerprint density at radius 2 is 0.417 bits per heavy atom. The van der Waals surface area contributed by atoms with Gasteiger partial charge in [-0.1, -0.05) is 27.7 Å². The second kappa shape index (κ2) is 62.0. The first-order valence-corrected chi connectivity index (χ1v) is 31.6. The third-order valence-corrected chi connectivity index (χ3v) is 12.3. The van der Waals surface area contributed by atoms with Gasteiger partial charge in [0, 0.05) is 7.11 Å². The normalized spacial score (nSPS) is 13.3. The largest absolute Gasteiger partial charge is 0.465 e. The van der Waals surface area contributed by atoms with Crippen molar-refractivity contribution in [3.63, 3.8) is 0 Å². The molecular weight excluding hydrogens is 1340 g/mol. The minimum absolute atomic E-state index is 0.0806. The minimum Gasteiger partial charge on any atom is -0.465 e. The molecule has 0 N–H and O–H groups in total. The highest BCUT2D eigenvalue weighted by atomic mass is 19.4. The lowest BCUT2D eigenvalue weighted by Gasteiger charge is -2.39. The number of carbonyl (C=O) groups excluding carboxylic acids is 2. The van der Waals surface area contributed by atoms with Gasteiger partial charge in [0.25, 0.3) is 0 Å². The molecule has 0 aromatic heterocycles. The van der Waals surface area contributed by atoms with Crippen molar-refractivity contribution in [1.82, 2.24) is 0 Å². The number of hydrogen-bond acceptors (Lipinski definition) is 24. The summed E-state index contributed by atoms with van der Waals surface area (Å²) in [5, 5.41) is 0. The van der Waals surface area contributed by atoms with Gasteiger partial charge in [0.05, 0.1) is 283 Å². The summed E-state index contributed by atoms with van der Waals surface area (Å²) in [7, 11) is 1.64. The van der Waals surface area contributed by atoms with Crippen molar-refractivity contribution < 1.29 is 171 Å². The monoisotopic (exact) mass is 1440 g/mol. The van der Waals surface area contributed by atoms with Gasteiger partial charge in [-0.25, -0.2) is 0 Å². The van der Waals surface area contributed by atoms with Crippen LogP contribution in [0.4, 0.5) is 57.1 Å². The maximum absolute atomic E-state index is 13.4. The van der Waals surface area contributed by atoms with Crippen LogP contribution < -0.4 is 0 Å². The second-order valence-corrected chi connectivity index (χ2v) is 19.8. The van der Waals surface area contributed by atoms with Crippen molar-refractivity contribution in [2.45, 2.75) is 82.7 Å². The number of rotatable bonds is 71. The van der Waals surface area contributed by atoms with Crippen LogP contribution in [-0.4, -0.2) is 326 Å². The van der Waals surface area contributed by atoms with Crippen LogP contribution in [0.15, 0.2) is 0 Å². The smallest absolute Gasteiger partial charge is 0.460 e. The third kappa shape index (κ3) is 48.9. The molecule has 2 atom stereocenters. The summed E-state index contributed by atoms with van der Waals surface area (Å²) in [6.45, 7) is 24.2. The molecule has 0 spiro atoms. The van der Waals surface area contributed by atoms with Crippen molar-refractivity contribution >= 4 is 11.9 Å². The Morgan fingerprint density at radius 3 is 0.594 bits per heavy atom. The zero-order valence-electron chi connectivity index (χ0n) is 56.0. The lowest BCUT2D eigenvalue weighted by Crippen LogP contribution is -2.70. The number of hydrogen-bond donors (Lipinski definition) is 0. The number of carbonyl (C=O) groups is 2. The summed E-state index contributed by atoms with van der Waals surface area (Å²) in [5.74, 6) is -39.6. The number of esters is 2. The van der Waals surface area contributed by atoms with Crippen molar-refractivity contribution in [2.24, 2.45) is 11.8 Å². The molecule has 0 bridgehead atoms. The summed E-state index contributed by atoms with van der Waals surface area (Å²) in [6.07, 6.45) is -9.15. The number of methoxy groups -OCH3 is 1. The van der Waals surface area contributed by atoms with E-state index in [4.69, 9.17) is 99.5 Å². The second-order valence-electron chi connectivity index (χ2n) is 19.8. The summed E-state index contributed by atoms with van der Waals surface area (Å²) < 4.78 is 285. The Bertz CT molecular complexity index is 1750. The molecule has 576 valence electrons. The molecule has 0 aliphatic carbocycles. The van der Waals surface area contributed by atoms with E-state index in [1.807, 2.05) is 13.8 Å². The zero-order chi connectivity index (χ0) is 72.0. The van der Waals surface area contributed by atoms with Crippen LogP contribution in [0.25, 0.3) is 0 Å². The Balaban J connectivity index is 0. The molecule has 0 saturated heterocycles. The SMILES string of the molecule is CCC(C)C(=O)OCCC(F)(F)C(F)(F)C(F)(F)C(F)(F)C(F)(F)C(F)(F)F.CCC(C)C(=O)OCCOCCOCCOCCOCCOCCOCCOCCOCCOCCOCCOCCOCCOCCOCCOCCOCCOCCOCCOCCOC. The van der Waals surface area contributed by atoms with Crippen LogP contribution in [0.3, 0.4) is 0 Å². The van der Waals surface area contributed by atoms with Gasteiger partial charge in [-0.3, -0.25) is 9.59 Å². The fourth-order valence-electron chi connectivity index (χ4n) is 6.26. The average Bonchev–Trinajstić information content (AvgIpc) is 0.715. The van der Waals surface area contributed by atoms with Crippen LogP contribution in [0.5, 0.6) is 0 Å². The molecule has 2 unspecified atom stereocenters. The quantitative estimate of drug-likeness (QED) is 0.0331. The van der Waals surface area contributed by atoms with Crippen molar-refractivity contribution in [3.05, 3.63) is 0 Å².